The van der Waals surface area contributed by atoms with Crippen LogP contribution in [0.2, 0.25) is 0 Å². The maximum atomic E-state index is 12.3. The van der Waals surface area contributed by atoms with Crippen LogP contribution in [0.25, 0.3) is 10.8 Å². The van der Waals surface area contributed by atoms with E-state index < -0.39 is 0 Å². The first-order valence-corrected chi connectivity index (χ1v) is 9.71. The Balaban J connectivity index is 1.24. The minimum Gasteiger partial charge on any atom is -0.443 e. The molecule has 0 aliphatic carbocycles. The number of hydrogen-bond acceptors (Lipinski definition) is 6. The van der Waals surface area contributed by atoms with Gasteiger partial charge < -0.3 is 9.73 Å². The molecule has 142 valence electrons. The minimum atomic E-state index is -0.301. The lowest BCUT2D eigenvalue weighted by Gasteiger charge is -2.13. The number of oxazole rings is 1. The molecule has 0 spiro atoms. The molecule has 3 heterocycles. The van der Waals surface area contributed by atoms with Crippen molar-refractivity contribution in [2.24, 2.45) is 0 Å². The maximum absolute atomic E-state index is 12.3. The molecule has 0 fully saturated rings. The van der Waals surface area contributed by atoms with Gasteiger partial charge in [0.15, 0.2) is 0 Å². The van der Waals surface area contributed by atoms with Gasteiger partial charge in [0.2, 0.25) is 11.8 Å². The van der Waals surface area contributed by atoms with Gasteiger partial charge in [-0.2, -0.15) is 0 Å². The highest BCUT2D eigenvalue weighted by molar-refractivity contribution is 7.13. The van der Waals surface area contributed by atoms with Crippen LogP contribution in [0.4, 0.5) is 0 Å². The highest BCUT2D eigenvalue weighted by Gasteiger charge is 2.34. The van der Waals surface area contributed by atoms with Crippen molar-refractivity contribution < 1.29 is 18.8 Å². The van der Waals surface area contributed by atoms with Crippen molar-refractivity contribution in [3.05, 3.63) is 64.9 Å². The summed E-state index contributed by atoms with van der Waals surface area (Å²) in [4.78, 5) is 43.1. The van der Waals surface area contributed by atoms with E-state index in [2.05, 4.69) is 10.3 Å². The van der Waals surface area contributed by atoms with Crippen LogP contribution < -0.4 is 5.32 Å². The van der Waals surface area contributed by atoms with E-state index in [0.717, 1.165) is 4.88 Å². The predicted octanol–water partition coefficient (Wildman–Crippen LogP) is 3.10. The van der Waals surface area contributed by atoms with Crippen molar-refractivity contribution in [3.63, 3.8) is 0 Å². The van der Waals surface area contributed by atoms with Gasteiger partial charge in [-0.3, -0.25) is 19.3 Å². The van der Waals surface area contributed by atoms with Crippen LogP contribution in [-0.2, 0) is 11.3 Å². The van der Waals surface area contributed by atoms with Crippen molar-refractivity contribution in [2.75, 3.05) is 6.54 Å². The van der Waals surface area contributed by atoms with E-state index in [1.54, 1.807) is 24.3 Å². The van der Waals surface area contributed by atoms with Crippen molar-refractivity contribution in [3.8, 4) is 10.8 Å². The van der Waals surface area contributed by atoms with Crippen molar-refractivity contribution in [2.45, 2.75) is 19.4 Å². The number of hydrogen-bond donors (Lipinski definition) is 1. The first-order chi connectivity index (χ1) is 13.6. The molecule has 2 aromatic heterocycles. The SMILES string of the molecule is O=C(CCCN1C(=O)c2ccccc2C1=O)NCc1coc(-c2cccs2)n1. The first kappa shape index (κ1) is 18.1. The summed E-state index contributed by atoms with van der Waals surface area (Å²) in [6.07, 6.45) is 2.13. The summed E-state index contributed by atoms with van der Waals surface area (Å²) in [7, 11) is 0. The smallest absolute Gasteiger partial charge is 0.261 e. The molecular formula is C20H17N3O4S. The monoisotopic (exact) mass is 395 g/mol. The zero-order chi connectivity index (χ0) is 19.5. The lowest BCUT2D eigenvalue weighted by Crippen LogP contribution is -2.32. The Kier molecular flexibility index (Phi) is 5.03. The average Bonchev–Trinajstić information content (AvgIpc) is 3.44. The Bertz CT molecular complexity index is 991. The summed E-state index contributed by atoms with van der Waals surface area (Å²) >= 11 is 1.53. The Morgan fingerprint density at radius 2 is 1.86 bits per heavy atom. The van der Waals surface area contributed by atoms with E-state index >= 15 is 0 Å². The van der Waals surface area contributed by atoms with Crippen LogP contribution >= 0.6 is 11.3 Å². The van der Waals surface area contributed by atoms with Gasteiger partial charge in [-0.25, -0.2) is 4.98 Å². The van der Waals surface area contributed by atoms with E-state index in [9.17, 15) is 14.4 Å². The first-order valence-electron chi connectivity index (χ1n) is 8.83. The van der Waals surface area contributed by atoms with E-state index in [-0.39, 0.29) is 37.2 Å². The molecule has 1 aliphatic rings. The van der Waals surface area contributed by atoms with Gasteiger partial charge in [0.05, 0.1) is 28.2 Å². The zero-order valence-electron chi connectivity index (χ0n) is 14.9. The number of fused-ring (bicyclic) bond motifs is 1. The number of imide groups is 1. The van der Waals surface area contributed by atoms with Gasteiger partial charge >= 0.3 is 0 Å². The molecule has 7 nitrogen and oxygen atoms in total. The number of aromatic nitrogens is 1. The lowest BCUT2D eigenvalue weighted by atomic mass is 10.1. The third-order valence-electron chi connectivity index (χ3n) is 4.41. The molecule has 0 saturated carbocycles. The highest BCUT2D eigenvalue weighted by atomic mass is 32.1. The Morgan fingerprint density at radius 3 is 2.54 bits per heavy atom. The van der Waals surface area contributed by atoms with Crippen LogP contribution in [-0.4, -0.2) is 34.2 Å². The van der Waals surface area contributed by atoms with Gasteiger partial charge in [0.25, 0.3) is 11.8 Å². The van der Waals surface area contributed by atoms with Gasteiger partial charge in [-0.05, 0) is 30.0 Å². The summed E-state index contributed by atoms with van der Waals surface area (Å²) in [5, 5.41) is 4.72. The third kappa shape index (κ3) is 3.59. The fraction of sp³-hybridized carbons (Fsp3) is 0.200. The number of nitrogens with zero attached hydrogens (tertiary/aromatic N) is 2. The summed E-state index contributed by atoms with van der Waals surface area (Å²) in [6, 6.07) is 10.6. The topological polar surface area (TPSA) is 92.5 Å². The normalized spacial score (nSPS) is 13.1. The van der Waals surface area contributed by atoms with Crippen LogP contribution in [0, 0.1) is 0 Å². The standard InChI is InChI=1S/C20H17N3O4S/c24-17(21-11-13-12-27-18(22-13)16-7-4-10-28-16)8-3-9-23-19(25)14-5-1-2-6-15(14)20(23)26/h1-2,4-7,10,12H,3,8-9,11H2,(H,21,24). The van der Waals surface area contributed by atoms with E-state index in [1.807, 2.05) is 17.5 Å². The molecule has 3 amide bonds. The Morgan fingerprint density at radius 1 is 1.11 bits per heavy atom. The van der Waals surface area contributed by atoms with Gasteiger partial charge in [0, 0.05) is 13.0 Å². The maximum Gasteiger partial charge on any atom is 0.261 e. The fourth-order valence-corrected chi connectivity index (χ4v) is 3.67. The quantitative estimate of drug-likeness (QED) is 0.621. The molecule has 8 heteroatoms. The number of carbonyl (C=O) groups is 3. The highest BCUT2D eigenvalue weighted by Crippen LogP contribution is 2.24. The Hall–Kier alpha value is -3.26. The van der Waals surface area contributed by atoms with Crippen LogP contribution in [0.5, 0.6) is 0 Å². The van der Waals surface area contributed by atoms with Crippen molar-refractivity contribution in [1.29, 1.82) is 0 Å². The predicted molar refractivity (Wildman–Crippen MR) is 103 cm³/mol. The van der Waals surface area contributed by atoms with Crippen molar-refractivity contribution >= 4 is 29.1 Å². The summed E-state index contributed by atoms with van der Waals surface area (Å²) in [6.45, 7) is 0.479. The van der Waals surface area contributed by atoms with Crippen LogP contribution in [0.15, 0.2) is 52.5 Å². The molecule has 0 radical (unpaired) electrons. The molecule has 28 heavy (non-hydrogen) atoms. The van der Waals surface area contributed by atoms with E-state index in [0.29, 0.717) is 29.1 Å². The van der Waals surface area contributed by atoms with Crippen LogP contribution in [0.3, 0.4) is 0 Å². The number of rotatable bonds is 7. The molecule has 1 aliphatic heterocycles. The van der Waals surface area contributed by atoms with E-state index in [1.165, 1.54) is 22.5 Å². The van der Waals surface area contributed by atoms with Crippen molar-refractivity contribution in [1.82, 2.24) is 15.2 Å². The zero-order valence-corrected chi connectivity index (χ0v) is 15.7. The molecule has 0 saturated heterocycles. The number of nitrogens with one attached hydrogen (secondary N) is 1. The molecule has 1 N–H and O–H groups in total. The second kappa shape index (κ2) is 7.77. The summed E-state index contributed by atoms with van der Waals surface area (Å²) < 4.78 is 5.41. The average molecular weight is 395 g/mol. The summed E-state index contributed by atoms with van der Waals surface area (Å²) in [5.74, 6) is -0.239. The number of carbonyl (C=O) groups excluding carboxylic acids is 3. The molecule has 3 aromatic rings. The van der Waals surface area contributed by atoms with Gasteiger partial charge in [-0.1, -0.05) is 18.2 Å². The molecule has 0 atom stereocenters. The Labute approximate surface area is 165 Å². The fourth-order valence-electron chi connectivity index (χ4n) is 3.02. The third-order valence-corrected chi connectivity index (χ3v) is 5.27. The minimum absolute atomic E-state index is 0.169. The molecular weight excluding hydrogens is 378 g/mol. The van der Waals surface area contributed by atoms with E-state index in [4.69, 9.17) is 4.42 Å². The van der Waals surface area contributed by atoms with Crippen LogP contribution in [0.1, 0.15) is 39.3 Å². The number of amides is 3. The second-order valence-electron chi connectivity index (χ2n) is 6.31. The lowest BCUT2D eigenvalue weighted by molar-refractivity contribution is -0.121. The molecule has 4 rings (SSSR count). The molecule has 0 unspecified atom stereocenters. The molecule has 1 aromatic carbocycles. The largest absolute Gasteiger partial charge is 0.443 e. The second-order valence-corrected chi connectivity index (χ2v) is 7.26. The molecule has 0 bridgehead atoms. The van der Waals surface area contributed by atoms with Gasteiger partial charge in [-0.15, -0.1) is 11.3 Å². The van der Waals surface area contributed by atoms with Gasteiger partial charge in [0.1, 0.15) is 6.26 Å². The number of thiophene rings is 1. The summed E-state index contributed by atoms with van der Waals surface area (Å²) in [5.41, 5.74) is 1.48. The number of benzene rings is 1.